The SMILES string of the molecule is c1ccc(C(OCCCCCOC2CCCCO2)(c2ccccc2)c2ccccc2)cc1. The van der Waals surface area contributed by atoms with Gasteiger partial charge in [-0.25, -0.2) is 0 Å². The van der Waals surface area contributed by atoms with Crippen molar-refractivity contribution in [3.05, 3.63) is 108 Å². The highest BCUT2D eigenvalue weighted by molar-refractivity contribution is 5.47. The Morgan fingerprint density at radius 1 is 0.656 bits per heavy atom. The molecule has 1 atom stereocenters. The summed E-state index contributed by atoms with van der Waals surface area (Å²) in [5.74, 6) is 0. The predicted molar refractivity (Wildman–Crippen MR) is 129 cm³/mol. The summed E-state index contributed by atoms with van der Waals surface area (Å²) in [4.78, 5) is 0. The molecule has 0 N–H and O–H groups in total. The summed E-state index contributed by atoms with van der Waals surface area (Å²) >= 11 is 0. The lowest BCUT2D eigenvalue weighted by molar-refractivity contribution is -0.162. The third kappa shape index (κ3) is 5.66. The maximum absolute atomic E-state index is 6.82. The monoisotopic (exact) mass is 430 g/mol. The average Bonchev–Trinajstić information content (AvgIpc) is 2.88. The number of hydrogen-bond acceptors (Lipinski definition) is 3. The molecule has 32 heavy (non-hydrogen) atoms. The number of ether oxygens (including phenoxy) is 3. The molecule has 1 unspecified atom stereocenters. The summed E-state index contributed by atoms with van der Waals surface area (Å²) in [6.45, 7) is 2.27. The van der Waals surface area contributed by atoms with Crippen molar-refractivity contribution >= 4 is 0 Å². The van der Waals surface area contributed by atoms with E-state index in [-0.39, 0.29) is 6.29 Å². The fraction of sp³-hybridized carbons (Fsp3) is 0.379. The molecular weight excluding hydrogens is 396 g/mol. The van der Waals surface area contributed by atoms with Crippen molar-refractivity contribution < 1.29 is 14.2 Å². The number of benzene rings is 3. The molecule has 0 bridgehead atoms. The van der Waals surface area contributed by atoms with Crippen molar-refractivity contribution in [3.8, 4) is 0 Å². The van der Waals surface area contributed by atoms with Crippen LogP contribution >= 0.6 is 0 Å². The second kappa shape index (κ2) is 12.0. The summed E-state index contributed by atoms with van der Waals surface area (Å²) in [5.41, 5.74) is 2.82. The normalized spacial score (nSPS) is 16.7. The van der Waals surface area contributed by atoms with E-state index < -0.39 is 5.60 Å². The molecule has 3 nitrogen and oxygen atoms in total. The lowest BCUT2D eigenvalue weighted by Crippen LogP contribution is -2.33. The molecule has 3 heteroatoms. The molecule has 1 saturated heterocycles. The Labute approximate surface area is 192 Å². The van der Waals surface area contributed by atoms with E-state index >= 15 is 0 Å². The van der Waals surface area contributed by atoms with Gasteiger partial charge in [0.2, 0.25) is 0 Å². The third-order valence-corrected chi connectivity index (χ3v) is 6.09. The lowest BCUT2D eigenvalue weighted by atomic mass is 9.80. The predicted octanol–water partition coefficient (Wildman–Crippen LogP) is 6.71. The van der Waals surface area contributed by atoms with Crippen LogP contribution in [0.25, 0.3) is 0 Å². The van der Waals surface area contributed by atoms with Crippen molar-refractivity contribution in [2.75, 3.05) is 19.8 Å². The van der Waals surface area contributed by atoms with E-state index in [9.17, 15) is 0 Å². The van der Waals surface area contributed by atoms with Gasteiger partial charge in [0.1, 0.15) is 5.60 Å². The van der Waals surface area contributed by atoms with Gasteiger partial charge in [-0.05, 0) is 55.2 Å². The fourth-order valence-electron chi connectivity index (χ4n) is 4.43. The van der Waals surface area contributed by atoms with Gasteiger partial charge in [0, 0.05) is 19.8 Å². The zero-order valence-electron chi connectivity index (χ0n) is 18.8. The lowest BCUT2D eigenvalue weighted by Gasteiger charge is -2.36. The summed E-state index contributed by atoms with van der Waals surface area (Å²) in [6, 6.07) is 31.7. The van der Waals surface area contributed by atoms with Crippen LogP contribution in [-0.2, 0) is 19.8 Å². The van der Waals surface area contributed by atoms with E-state index in [4.69, 9.17) is 14.2 Å². The summed E-state index contributed by atoms with van der Waals surface area (Å²) in [5, 5.41) is 0. The standard InChI is InChI=1S/C29H34O3/c1-5-15-25(16-6-1)29(26-17-7-2-8-18-26,27-19-9-3-10-20-27)32-24-13-4-12-22-30-28-21-11-14-23-31-28/h1-3,5-10,15-20,28H,4,11-14,21-24H2. The van der Waals surface area contributed by atoms with Gasteiger partial charge in [-0.3, -0.25) is 0 Å². The molecule has 0 aromatic heterocycles. The Hall–Kier alpha value is -2.46. The molecule has 0 amide bonds. The topological polar surface area (TPSA) is 27.7 Å². The second-order valence-electron chi connectivity index (χ2n) is 8.36. The van der Waals surface area contributed by atoms with Gasteiger partial charge in [-0.2, -0.15) is 0 Å². The van der Waals surface area contributed by atoms with Gasteiger partial charge in [-0.15, -0.1) is 0 Å². The third-order valence-electron chi connectivity index (χ3n) is 6.09. The Kier molecular flexibility index (Phi) is 8.49. The minimum atomic E-state index is -0.629. The Morgan fingerprint density at radius 3 is 1.69 bits per heavy atom. The van der Waals surface area contributed by atoms with Crippen LogP contribution in [0, 0.1) is 0 Å². The minimum absolute atomic E-state index is 0.00175. The summed E-state index contributed by atoms with van der Waals surface area (Å²) in [6.07, 6.45) is 6.48. The van der Waals surface area contributed by atoms with Gasteiger partial charge >= 0.3 is 0 Å². The smallest absolute Gasteiger partial charge is 0.157 e. The molecule has 0 saturated carbocycles. The maximum Gasteiger partial charge on any atom is 0.157 e. The Morgan fingerprint density at radius 2 is 1.19 bits per heavy atom. The maximum atomic E-state index is 6.82. The molecule has 1 fully saturated rings. The molecule has 1 aliphatic rings. The van der Waals surface area contributed by atoms with E-state index in [1.54, 1.807) is 0 Å². The summed E-state index contributed by atoms with van der Waals surface area (Å²) < 4.78 is 18.3. The molecule has 3 aromatic carbocycles. The fourth-order valence-corrected chi connectivity index (χ4v) is 4.43. The molecular formula is C29H34O3. The zero-order valence-corrected chi connectivity index (χ0v) is 18.8. The van der Waals surface area contributed by atoms with Crippen LogP contribution in [-0.4, -0.2) is 26.1 Å². The van der Waals surface area contributed by atoms with Crippen molar-refractivity contribution in [1.29, 1.82) is 0 Å². The van der Waals surface area contributed by atoms with E-state index in [2.05, 4.69) is 91.0 Å². The van der Waals surface area contributed by atoms with Crippen molar-refractivity contribution in [2.45, 2.75) is 50.4 Å². The number of rotatable bonds is 11. The highest BCUT2D eigenvalue weighted by atomic mass is 16.7. The molecule has 1 aliphatic heterocycles. The van der Waals surface area contributed by atoms with E-state index in [1.807, 2.05) is 0 Å². The molecule has 1 heterocycles. The van der Waals surface area contributed by atoms with Crippen molar-refractivity contribution in [2.24, 2.45) is 0 Å². The van der Waals surface area contributed by atoms with E-state index in [1.165, 1.54) is 6.42 Å². The van der Waals surface area contributed by atoms with Gasteiger partial charge in [-0.1, -0.05) is 91.0 Å². The second-order valence-corrected chi connectivity index (χ2v) is 8.36. The first-order chi connectivity index (χ1) is 15.9. The first-order valence-corrected chi connectivity index (χ1v) is 11.9. The molecule has 0 spiro atoms. The number of hydrogen-bond donors (Lipinski definition) is 0. The van der Waals surface area contributed by atoms with Crippen LogP contribution < -0.4 is 0 Å². The molecule has 0 aliphatic carbocycles. The Balaban J connectivity index is 1.44. The van der Waals surface area contributed by atoms with Gasteiger partial charge < -0.3 is 14.2 Å². The van der Waals surface area contributed by atoms with Crippen LogP contribution in [0.3, 0.4) is 0 Å². The van der Waals surface area contributed by atoms with Crippen LogP contribution in [0.1, 0.15) is 55.2 Å². The van der Waals surface area contributed by atoms with Crippen LogP contribution in [0.4, 0.5) is 0 Å². The average molecular weight is 431 g/mol. The van der Waals surface area contributed by atoms with Gasteiger partial charge in [0.15, 0.2) is 6.29 Å². The van der Waals surface area contributed by atoms with Crippen molar-refractivity contribution in [3.63, 3.8) is 0 Å². The van der Waals surface area contributed by atoms with Gasteiger partial charge in [0.05, 0.1) is 0 Å². The Bertz CT molecular complexity index is 793. The molecule has 3 aromatic rings. The molecule has 168 valence electrons. The van der Waals surface area contributed by atoms with E-state index in [0.717, 1.165) is 62.0 Å². The van der Waals surface area contributed by atoms with Crippen LogP contribution in [0.15, 0.2) is 91.0 Å². The van der Waals surface area contributed by atoms with Crippen LogP contribution in [0.2, 0.25) is 0 Å². The largest absolute Gasteiger partial charge is 0.361 e. The quantitative estimate of drug-likeness (QED) is 0.250. The van der Waals surface area contributed by atoms with Crippen molar-refractivity contribution in [1.82, 2.24) is 0 Å². The number of unbranched alkanes of at least 4 members (excludes halogenated alkanes) is 2. The van der Waals surface area contributed by atoms with E-state index in [0.29, 0.717) is 6.61 Å². The zero-order chi connectivity index (χ0) is 21.9. The first kappa shape index (κ1) is 22.7. The highest BCUT2D eigenvalue weighted by Crippen LogP contribution is 2.40. The van der Waals surface area contributed by atoms with Gasteiger partial charge in [0.25, 0.3) is 0 Å². The highest BCUT2D eigenvalue weighted by Gasteiger charge is 2.37. The minimum Gasteiger partial charge on any atom is -0.361 e. The molecule has 4 rings (SSSR count). The first-order valence-electron chi connectivity index (χ1n) is 11.9. The summed E-state index contributed by atoms with van der Waals surface area (Å²) in [7, 11) is 0. The molecule has 0 radical (unpaired) electrons. The van der Waals surface area contributed by atoms with Crippen LogP contribution in [0.5, 0.6) is 0 Å².